The van der Waals surface area contributed by atoms with Gasteiger partial charge in [0.05, 0.1) is 12.7 Å². The Morgan fingerprint density at radius 3 is 2.69 bits per heavy atom. The summed E-state index contributed by atoms with van der Waals surface area (Å²) < 4.78 is 4.76. The summed E-state index contributed by atoms with van der Waals surface area (Å²) in [5, 5.41) is 1.91. The number of carbonyl (C=O) groups excluding carboxylic acids is 1. The maximum atomic E-state index is 11.6. The van der Waals surface area contributed by atoms with Gasteiger partial charge in [0.1, 0.15) is 0 Å². The van der Waals surface area contributed by atoms with E-state index in [0.717, 1.165) is 16.0 Å². The Hall–Kier alpha value is -1.61. The molecule has 2 rings (SSSR count). The van der Waals surface area contributed by atoms with E-state index >= 15 is 0 Å². The normalized spacial score (nSPS) is 10.1. The molecule has 0 aliphatic rings. The van der Waals surface area contributed by atoms with Gasteiger partial charge in [0, 0.05) is 4.88 Å². The second-order valence-corrected chi connectivity index (χ2v) is 4.39. The Morgan fingerprint density at radius 1 is 1.25 bits per heavy atom. The molecule has 0 spiro atoms. The molecule has 1 aromatic heterocycles. The Kier molecular flexibility index (Phi) is 3.06. The number of hydrogen-bond donors (Lipinski definition) is 0. The van der Waals surface area contributed by atoms with Crippen molar-refractivity contribution < 1.29 is 9.53 Å². The number of ether oxygens (including phenoxy) is 1. The zero-order valence-electron chi connectivity index (χ0n) is 9.19. The molecule has 82 valence electrons. The SMILES string of the molecule is COC(=O)c1ccsc1-c1ccccc1C. The van der Waals surface area contributed by atoms with Crippen LogP contribution in [0.3, 0.4) is 0 Å². The van der Waals surface area contributed by atoms with Gasteiger partial charge in [-0.25, -0.2) is 4.79 Å². The van der Waals surface area contributed by atoms with Gasteiger partial charge in [0.2, 0.25) is 0 Å². The highest BCUT2D eigenvalue weighted by Gasteiger charge is 2.15. The number of esters is 1. The summed E-state index contributed by atoms with van der Waals surface area (Å²) in [6, 6.07) is 9.83. The smallest absolute Gasteiger partial charge is 0.339 e. The van der Waals surface area contributed by atoms with Crippen LogP contribution in [0.1, 0.15) is 15.9 Å². The molecule has 0 saturated heterocycles. The number of benzene rings is 1. The first kappa shape index (κ1) is 10.9. The van der Waals surface area contributed by atoms with Crippen molar-refractivity contribution in [1.29, 1.82) is 0 Å². The monoisotopic (exact) mass is 232 g/mol. The van der Waals surface area contributed by atoms with Crippen molar-refractivity contribution in [3.8, 4) is 10.4 Å². The van der Waals surface area contributed by atoms with Crippen LogP contribution in [0.15, 0.2) is 35.7 Å². The van der Waals surface area contributed by atoms with E-state index in [-0.39, 0.29) is 5.97 Å². The fraction of sp³-hybridized carbons (Fsp3) is 0.154. The van der Waals surface area contributed by atoms with Crippen molar-refractivity contribution in [3.63, 3.8) is 0 Å². The molecule has 2 aromatic rings. The molecule has 0 N–H and O–H groups in total. The molecule has 0 amide bonds. The third-order valence-corrected chi connectivity index (χ3v) is 3.41. The number of rotatable bonds is 2. The minimum Gasteiger partial charge on any atom is -0.465 e. The van der Waals surface area contributed by atoms with E-state index in [9.17, 15) is 4.79 Å². The minimum atomic E-state index is -0.278. The molecule has 0 aliphatic carbocycles. The molecule has 0 fully saturated rings. The summed E-state index contributed by atoms with van der Waals surface area (Å²) in [5.74, 6) is -0.278. The zero-order valence-corrected chi connectivity index (χ0v) is 10.0. The molecule has 0 radical (unpaired) electrons. The van der Waals surface area contributed by atoms with E-state index in [0.29, 0.717) is 5.56 Å². The summed E-state index contributed by atoms with van der Waals surface area (Å²) in [4.78, 5) is 12.5. The van der Waals surface area contributed by atoms with Gasteiger partial charge in [0.25, 0.3) is 0 Å². The van der Waals surface area contributed by atoms with Crippen molar-refractivity contribution in [2.24, 2.45) is 0 Å². The first-order valence-corrected chi connectivity index (χ1v) is 5.84. The first-order valence-electron chi connectivity index (χ1n) is 4.96. The molecule has 16 heavy (non-hydrogen) atoms. The highest BCUT2D eigenvalue weighted by atomic mass is 32.1. The van der Waals surface area contributed by atoms with Crippen LogP contribution < -0.4 is 0 Å². The van der Waals surface area contributed by atoms with Gasteiger partial charge in [-0.15, -0.1) is 11.3 Å². The van der Waals surface area contributed by atoms with Crippen LogP contribution in [0.2, 0.25) is 0 Å². The predicted molar refractivity (Wildman–Crippen MR) is 65.8 cm³/mol. The van der Waals surface area contributed by atoms with Crippen LogP contribution in [0.4, 0.5) is 0 Å². The van der Waals surface area contributed by atoms with Crippen LogP contribution in [0.25, 0.3) is 10.4 Å². The van der Waals surface area contributed by atoms with Crippen molar-refractivity contribution >= 4 is 17.3 Å². The van der Waals surface area contributed by atoms with Gasteiger partial charge in [-0.05, 0) is 29.5 Å². The molecule has 0 unspecified atom stereocenters. The molecule has 1 heterocycles. The lowest BCUT2D eigenvalue weighted by Crippen LogP contribution is -2.00. The Labute approximate surface area is 98.5 Å². The fourth-order valence-corrected chi connectivity index (χ4v) is 2.59. The van der Waals surface area contributed by atoms with Crippen LogP contribution in [0, 0.1) is 6.92 Å². The highest BCUT2D eigenvalue weighted by Crippen LogP contribution is 2.32. The maximum absolute atomic E-state index is 11.6. The third kappa shape index (κ3) is 1.86. The largest absolute Gasteiger partial charge is 0.465 e. The van der Waals surface area contributed by atoms with E-state index in [1.165, 1.54) is 7.11 Å². The summed E-state index contributed by atoms with van der Waals surface area (Å²) >= 11 is 1.56. The lowest BCUT2D eigenvalue weighted by Gasteiger charge is -2.05. The van der Waals surface area contributed by atoms with E-state index in [1.807, 2.05) is 36.6 Å². The molecule has 0 saturated carbocycles. The molecule has 2 nitrogen and oxygen atoms in total. The highest BCUT2D eigenvalue weighted by molar-refractivity contribution is 7.14. The minimum absolute atomic E-state index is 0.278. The number of carbonyl (C=O) groups is 1. The summed E-state index contributed by atoms with van der Waals surface area (Å²) in [6.45, 7) is 2.04. The summed E-state index contributed by atoms with van der Waals surface area (Å²) in [7, 11) is 1.40. The Morgan fingerprint density at radius 2 is 2.00 bits per heavy atom. The second kappa shape index (κ2) is 4.49. The Bertz CT molecular complexity index is 514. The quantitative estimate of drug-likeness (QED) is 0.741. The van der Waals surface area contributed by atoms with Gasteiger partial charge >= 0.3 is 5.97 Å². The van der Waals surface area contributed by atoms with Crippen LogP contribution >= 0.6 is 11.3 Å². The molecular weight excluding hydrogens is 220 g/mol. The first-order chi connectivity index (χ1) is 7.74. The predicted octanol–water partition coefficient (Wildman–Crippen LogP) is 3.51. The van der Waals surface area contributed by atoms with Crippen molar-refractivity contribution in [2.45, 2.75) is 6.92 Å². The second-order valence-electron chi connectivity index (χ2n) is 3.47. The van der Waals surface area contributed by atoms with Gasteiger partial charge in [-0.3, -0.25) is 0 Å². The van der Waals surface area contributed by atoms with Gasteiger partial charge in [0.15, 0.2) is 0 Å². The molecule has 0 atom stereocenters. The summed E-state index contributed by atoms with van der Waals surface area (Å²) in [5.41, 5.74) is 2.90. The van der Waals surface area contributed by atoms with E-state index < -0.39 is 0 Å². The lowest BCUT2D eigenvalue weighted by molar-refractivity contribution is 0.0602. The zero-order chi connectivity index (χ0) is 11.5. The number of hydrogen-bond acceptors (Lipinski definition) is 3. The van der Waals surface area contributed by atoms with Gasteiger partial charge in [-0.1, -0.05) is 24.3 Å². The third-order valence-electron chi connectivity index (χ3n) is 2.46. The molecule has 0 aliphatic heterocycles. The van der Waals surface area contributed by atoms with Crippen LogP contribution in [0.5, 0.6) is 0 Å². The number of methoxy groups -OCH3 is 1. The van der Waals surface area contributed by atoms with Crippen molar-refractivity contribution in [3.05, 3.63) is 46.8 Å². The van der Waals surface area contributed by atoms with E-state index in [4.69, 9.17) is 4.74 Å². The van der Waals surface area contributed by atoms with Crippen molar-refractivity contribution in [2.75, 3.05) is 7.11 Å². The fourth-order valence-electron chi connectivity index (χ4n) is 1.62. The molecule has 3 heteroatoms. The standard InChI is InChI=1S/C13H12O2S/c1-9-5-3-4-6-10(9)12-11(7-8-16-12)13(14)15-2/h3-8H,1-2H3. The summed E-state index contributed by atoms with van der Waals surface area (Å²) in [6.07, 6.45) is 0. The van der Waals surface area contributed by atoms with Crippen molar-refractivity contribution in [1.82, 2.24) is 0 Å². The lowest BCUT2D eigenvalue weighted by atomic mass is 10.0. The molecule has 0 bridgehead atoms. The number of aryl methyl sites for hydroxylation is 1. The molecular formula is C13H12O2S. The number of thiophene rings is 1. The van der Waals surface area contributed by atoms with Gasteiger partial charge < -0.3 is 4.74 Å². The maximum Gasteiger partial charge on any atom is 0.339 e. The van der Waals surface area contributed by atoms with Gasteiger partial charge in [-0.2, -0.15) is 0 Å². The Balaban J connectivity index is 2.53. The van der Waals surface area contributed by atoms with Crippen LogP contribution in [-0.4, -0.2) is 13.1 Å². The average Bonchev–Trinajstić information content (AvgIpc) is 2.77. The van der Waals surface area contributed by atoms with E-state index in [2.05, 4.69) is 0 Å². The van der Waals surface area contributed by atoms with Crippen LogP contribution in [-0.2, 0) is 4.74 Å². The average molecular weight is 232 g/mol. The molecule has 1 aromatic carbocycles. The topological polar surface area (TPSA) is 26.3 Å². The van der Waals surface area contributed by atoms with E-state index in [1.54, 1.807) is 17.4 Å².